The van der Waals surface area contributed by atoms with Crippen molar-refractivity contribution in [1.82, 2.24) is 24.9 Å². The molecule has 0 atom stereocenters. The Kier molecular flexibility index (Phi) is 3.95. The maximum Gasteiger partial charge on any atom is 0.252 e. The zero-order chi connectivity index (χ0) is 15.4. The summed E-state index contributed by atoms with van der Waals surface area (Å²) in [4.78, 5) is 20.1. The second-order valence-corrected chi connectivity index (χ2v) is 4.82. The van der Waals surface area contributed by atoms with E-state index in [0.29, 0.717) is 18.7 Å². The predicted molar refractivity (Wildman–Crippen MR) is 82.8 cm³/mol. The summed E-state index contributed by atoms with van der Waals surface area (Å²) in [6.45, 7) is 3.00. The molecule has 0 aliphatic heterocycles. The Labute approximate surface area is 127 Å². The smallest absolute Gasteiger partial charge is 0.252 e. The standard InChI is InChI=1S/C15H16N6O/c1-11-9-13-14(18-7-8-21(13)20-11)17-5-6-19-15(22)12-3-2-4-16-10-12/h2-4,7-10H,5-6H2,1H3,(H,17,18)(H,19,22). The SMILES string of the molecule is Cc1cc2c(NCCNC(=O)c3cccnc3)nccn2n1. The van der Waals surface area contributed by atoms with Gasteiger partial charge in [-0.2, -0.15) is 5.10 Å². The number of hydrogen-bond donors (Lipinski definition) is 2. The third-order valence-corrected chi connectivity index (χ3v) is 3.14. The van der Waals surface area contributed by atoms with Crippen LogP contribution in [0.3, 0.4) is 0 Å². The number of carbonyl (C=O) groups excluding carboxylic acids is 1. The van der Waals surface area contributed by atoms with Crippen LogP contribution in [-0.2, 0) is 0 Å². The summed E-state index contributed by atoms with van der Waals surface area (Å²) in [7, 11) is 0. The molecule has 0 radical (unpaired) electrons. The Morgan fingerprint density at radius 1 is 1.32 bits per heavy atom. The van der Waals surface area contributed by atoms with Crippen molar-refractivity contribution in [3.8, 4) is 0 Å². The van der Waals surface area contributed by atoms with Crippen molar-refractivity contribution in [2.75, 3.05) is 18.4 Å². The molecular weight excluding hydrogens is 280 g/mol. The van der Waals surface area contributed by atoms with E-state index in [0.717, 1.165) is 17.0 Å². The largest absolute Gasteiger partial charge is 0.367 e. The quantitative estimate of drug-likeness (QED) is 0.693. The molecule has 3 rings (SSSR count). The molecule has 22 heavy (non-hydrogen) atoms. The van der Waals surface area contributed by atoms with Crippen molar-refractivity contribution in [2.45, 2.75) is 6.92 Å². The van der Waals surface area contributed by atoms with Crippen LogP contribution in [-0.4, -0.2) is 38.6 Å². The number of amides is 1. The highest BCUT2D eigenvalue weighted by Crippen LogP contribution is 2.13. The van der Waals surface area contributed by atoms with Gasteiger partial charge in [0.15, 0.2) is 5.82 Å². The Hall–Kier alpha value is -2.96. The molecule has 3 aromatic rings. The molecule has 0 bridgehead atoms. The Bertz CT molecular complexity index is 783. The molecule has 7 heteroatoms. The third-order valence-electron chi connectivity index (χ3n) is 3.14. The monoisotopic (exact) mass is 296 g/mol. The Balaban J connectivity index is 1.55. The lowest BCUT2D eigenvalue weighted by Gasteiger charge is -2.08. The number of pyridine rings is 1. The van der Waals surface area contributed by atoms with Gasteiger partial charge >= 0.3 is 0 Å². The third kappa shape index (κ3) is 3.03. The number of rotatable bonds is 5. The first-order chi connectivity index (χ1) is 10.7. The van der Waals surface area contributed by atoms with Crippen molar-refractivity contribution < 1.29 is 4.79 Å². The minimum absolute atomic E-state index is 0.138. The number of carbonyl (C=O) groups is 1. The van der Waals surface area contributed by atoms with Gasteiger partial charge < -0.3 is 10.6 Å². The van der Waals surface area contributed by atoms with Crippen LogP contribution in [0.1, 0.15) is 16.1 Å². The maximum absolute atomic E-state index is 11.9. The van der Waals surface area contributed by atoms with Gasteiger partial charge in [0.1, 0.15) is 5.52 Å². The van der Waals surface area contributed by atoms with Crippen LogP contribution in [0.25, 0.3) is 5.52 Å². The van der Waals surface area contributed by atoms with Crippen molar-refractivity contribution in [3.63, 3.8) is 0 Å². The number of anilines is 1. The fraction of sp³-hybridized carbons (Fsp3) is 0.200. The molecule has 3 aromatic heterocycles. The second kappa shape index (κ2) is 6.21. The van der Waals surface area contributed by atoms with Gasteiger partial charge in [-0.3, -0.25) is 9.78 Å². The first kappa shape index (κ1) is 14.0. The molecule has 1 amide bonds. The second-order valence-electron chi connectivity index (χ2n) is 4.82. The lowest BCUT2D eigenvalue weighted by atomic mass is 10.3. The van der Waals surface area contributed by atoms with Crippen molar-refractivity contribution >= 4 is 17.2 Å². The summed E-state index contributed by atoms with van der Waals surface area (Å²) in [6.07, 6.45) is 6.67. The van der Waals surface area contributed by atoms with Crippen LogP contribution in [0.5, 0.6) is 0 Å². The summed E-state index contributed by atoms with van der Waals surface area (Å²) in [5, 5.41) is 10.4. The van der Waals surface area contributed by atoms with Gasteiger partial charge in [-0.15, -0.1) is 0 Å². The van der Waals surface area contributed by atoms with E-state index >= 15 is 0 Å². The van der Waals surface area contributed by atoms with Crippen LogP contribution in [0.15, 0.2) is 43.0 Å². The van der Waals surface area contributed by atoms with E-state index in [2.05, 4.69) is 25.7 Å². The highest BCUT2D eigenvalue weighted by Gasteiger charge is 2.06. The van der Waals surface area contributed by atoms with E-state index < -0.39 is 0 Å². The number of fused-ring (bicyclic) bond motifs is 1. The van der Waals surface area contributed by atoms with Gasteiger partial charge in [0, 0.05) is 37.9 Å². The Morgan fingerprint density at radius 3 is 3.05 bits per heavy atom. The van der Waals surface area contributed by atoms with Crippen molar-refractivity contribution in [2.24, 2.45) is 0 Å². The summed E-state index contributed by atoms with van der Waals surface area (Å²) in [5.74, 6) is 0.611. The first-order valence-electron chi connectivity index (χ1n) is 6.97. The zero-order valence-electron chi connectivity index (χ0n) is 12.2. The average molecular weight is 296 g/mol. The molecule has 0 aliphatic carbocycles. The molecule has 0 saturated heterocycles. The molecule has 0 aromatic carbocycles. The normalized spacial score (nSPS) is 10.6. The molecular formula is C15H16N6O. The number of aromatic nitrogens is 4. The van der Waals surface area contributed by atoms with E-state index in [1.54, 1.807) is 41.4 Å². The van der Waals surface area contributed by atoms with Crippen LogP contribution in [0.2, 0.25) is 0 Å². The summed E-state index contributed by atoms with van der Waals surface area (Å²) >= 11 is 0. The van der Waals surface area contributed by atoms with E-state index in [-0.39, 0.29) is 5.91 Å². The minimum Gasteiger partial charge on any atom is -0.367 e. The van der Waals surface area contributed by atoms with Crippen LogP contribution in [0, 0.1) is 6.92 Å². The lowest BCUT2D eigenvalue weighted by molar-refractivity contribution is 0.0955. The molecule has 0 aliphatic rings. The van der Waals surface area contributed by atoms with Crippen molar-refractivity contribution in [1.29, 1.82) is 0 Å². The Morgan fingerprint density at radius 2 is 2.23 bits per heavy atom. The number of nitrogens with zero attached hydrogens (tertiary/aromatic N) is 4. The fourth-order valence-electron chi connectivity index (χ4n) is 2.14. The average Bonchev–Trinajstić information content (AvgIpc) is 2.93. The van der Waals surface area contributed by atoms with Crippen LogP contribution in [0.4, 0.5) is 5.82 Å². The van der Waals surface area contributed by atoms with Gasteiger partial charge in [0.2, 0.25) is 0 Å². The highest BCUT2D eigenvalue weighted by molar-refractivity contribution is 5.93. The van der Waals surface area contributed by atoms with Crippen LogP contribution >= 0.6 is 0 Å². The van der Waals surface area contributed by atoms with Gasteiger partial charge in [-0.1, -0.05) is 0 Å². The van der Waals surface area contributed by atoms with E-state index in [1.165, 1.54) is 0 Å². The summed E-state index contributed by atoms with van der Waals surface area (Å²) < 4.78 is 1.78. The van der Waals surface area contributed by atoms with Gasteiger partial charge in [0.25, 0.3) is 5.91 Å². The number of hydrogen-bond acceptors (Lipinski definition) is 5. The number of nitrogens with one attached hydrogen (secondary N) is 2. The molecule has 112 valence electrons. The molecule has 0 unspecified atom stereocenters. The molecule has 3 heterocycles. The lowest BCUT2D eigenvalue weighted by Crippen LogP contribution is -2.29. The van der Waals surface area contributed by atoms with E-state index in [1.807, 2.05) is 13.0 Å². The van der Waals surface area contributed by atoms with Gasteiger partial charge in [0.05, 0.1) is 11.3 Å². The summed E-state index contributed by atoms with van der Waals surface area (Å²) in [5.41, 5.74) is 2.40. The maximum atomic E-state index is 11.9. The van der Waals surface area contributed by atoms with E-state index in [4.69, 9.17) is 0 Å². The molecule has 0 spiro atoms. The predicted octanol–water partition coefficient (Wildman–Crippen LogP) is 1.27. The molecule has 2 N–H and O–H groups in total. The number of aryl methyl sites for hydroxylation is 1. The fourth-order valence-corrected chi connectivity index (χ4v) is 2.14. The van der Waals surface area contributed by atoms with Crippen LogP contribution < -0.4 is 10.6 Å². The zero-order valence-corrected chi connectivity index (χ0v) is 12.2. The van der Waals surface area contributed by atoms with Crippen molar-refractivity contribution in [3.05, 3.63) is 54.2 Å². The first-order valence-corrected chi connectivity index (χ1v) is 6.97. The molecule has 7 nitrogen and oxygen atoms in total. The van der Waals surface area contributed by atoms with Gasteiger partial charge in [-0.25, -0.2) is 9.50 Å². The van der Waals surface area contributed by atoms with Gasteiger partial charge in [-0.05, 0) is 25.1 Å². The molecule has 0 fully saturated rings. The topological polar surface area (TPSA) is 84.2 Å². The molecule has 0 saturated carbocycles. The summed E-state index contributed by atoms with van der Waals surface area (Å²) in [6, 6.07) is 5.43. The highest BCUT2D eigenvalue weighted by atomic mass is 16.1. The minimum atomic E-state index is -0.138. The van der Waals surface area contributed by atoms with E-state index in [9.17, 15) is 4.79 Å².